The van der Waals surface area contributed by atoms with Gasteiger partial charge in [0.1, 0.15) is 0 Å². The molecule has 0 unspecified atom stereocenters. The molecule has 1 heterocycles. The average Bonchev–Trinajstić information content (AvgIpc) is 2.60. The molecular weight excluding hydrogens is 370 g/mol. The van der Waals surface area contributed by atoms with E-state index in [-0.39, 0.29) is 11.8 Å². The summed E-state index contributed by atoms with van der Waals surface area (Å²) in [6.45, 7) is 6.19. The van der Waals surface area contributed by atoms with Crippen LogP contribution in [0.3, 0.4) is 0 Å². The summed E-state index contributed by atoms with van der Waals surface area (Å²) < 4.78 is 0.937. The number of piperidine rings is 1. The molecule has 0 atom stereocenters. The maximum atomic E-state index is 12.2. The van der Waals surface area contributed by atoms with E-state index in [2.05, 4.69) is 33.5 Å². The first-order chi connectivity index (χ1) is 11.6. The van der Waals surface area contributed by atoms with Gasteiger partial charge < -0.3 is 15.5 Å². The van der Waals surface area contributed by atoms with E-state index in [1.54, 1.807) is 12.1 Å². The molecule has 2 N–H and O–H groups in total. The minimum absolute atomic E-state index is 0.132. The van der Waals surface area contributed by atoms with Crippen molar-refractivity contribution in [1.82, 2.24) is 15.5 Å². The van der Waals surface area contributed by atoms with Crippen LogP contribution in [0.15, 0.2) is 28.7 Å². The van der Waals surface area contributed by atoms with Gasteiger partial charge in [0, 0.05) is 36.1 Å². The SMILES string of the molecule is CCNCC1CCN(C(=O)CCNC(=O)c2ccc(Br)cc2)CC1. The van der Waals surface area contributed by atoms with Crippen molar-refractivity contribution in [2.75, 3.05) is 32.7 Å². The number of amides is 2. The molecule has 24 heavy (non-hydrogen) atoms. The van der Waals surface area contributed by atoms with E-state index in [1.807, 2.05) is 17.0 Å². The highest BCUT2D eigenvalue weighted by molar-refractivity contribution is 9.10. The molecule has 1 aromatic rings. The van der Waals surface area contributed by atoms with E-state index in [4.69, 9.17) is 0 Å². The van der Waals surface area contributed by atoms with Gasteiger partial charge in [0.05, 0.1) is 0 Å². The summed E-state index contributed by atoms with van der Waals surface area (Å²) >= 11 is 3.34. The van der Waals surface area contributed by atoms with Crippen molar-refractivity contribution in [3.05, 3.63) is 34.3 Å². The predicted octanol–water partition coefficient (Wildman–Crippen LogP) is 2.42. The molecule has 0 radical (unpaired) electrons. The Kier molecular flexibility index (Phi) is 7.72. The average molecular weight is 396 g/mol. The standard InChI is InChI=1S/C18H26BrN3O2/c1-2-20-13-14-8-11-22(12-9-14)17(23)7-10-21-18(24)15-3-5-16(19)6-4-15/h3-6,14,20H,2,7-13H2,1H3,(H,21,24). The van der Waals surface area contributed by atoms with E-state index >= 15 is 0 Å². The normalized spacial score (nSPS) is 15.3. The maximum absolute atomic E-state index is 12.2. The third-order valence-corrected chi connectivity index (χ3v) is 4.91. The molecule has 0 spiro atoms. The molecular formula is C18H26BrN3O2. The van der Waals surface area contributed by atoms with Crippen molar-refractivity contribution < 1.29 is 9.59 Å². The van der Waals surface area contributed by atoms with Crippen LogP contribution in [0.4, 0.5) is 0 Å². The molecule has 6 heteroatoms. The van der Waals surface area contributed by atoms with E-state index in [0.29, 0.717) is 24.4 Å². The summed E-state index contributed by atoms with van der Waals surface area (Å²) in [6.07, 6.45) is 2.48. The van der Waals surface area contributed by atoms with Gasteiger partial charge in [0.2, 0.25) is 5.91 Å². The first-order valence-corrected chi connectivity index (χ1v) is 9.41. The van der Waals surface area contributed by atoms with Gasteiger partial charge in [-0.3, -0.25) is 9.59 Å². The molecule has 0 aromatic heterocycles. The van der Waals surface area contributed by atoms with Crippen LogP contribution in [0.1, 0.15) is 36.5 Å². The van der Waals surface area contributed by atoms with Gasteiger partial charge in [-0.25, -0.2) is 0 Å². The zero-order valence-corrected chi connectivity index (χ0v) is 15.8. The fourth-order valence-corrected chi connectivity index (χ4v) is 3.14. The second-order valence-corrected chi connectivity index (χ2v) is 7.06. The van der Waals surface area contributed by atoms with Gasteiger partial charge in [0.25, 0.3) is 5.91 Å². The highest BCUT2D eigenvalue weighted by Crippen LogP contribution is 2.17. The fraction of sp³-hybridized carbons (Fsp3) is 0.556. The van der Waals surface area contributed by atoms with E-state index in [0.717, 1.165) is 43.5 Å². The Hall–Kier alpha value is -1.40. The topological polar surface area (TPSA) is 61.4 Å². The van der Waals surface area contributed by atoms with Crippen LogP contribution < -0.4 is 10.6 Å². The molecule has 2 amide bonds. The van der Waals surface area contributed by atoms with Crippen molar-refractivity contribution in [2.24, 2.45) is 5.92 Å². The second-order valence-electron chi connectivity index (χ2n) is 6.14. The van der Waals surface area contributed by atoms with Crippen LogP contribution in [0.25, 0.3) is 0 Å². The number of carbonyl (C=O) groups is 2. The van der Waals surface area contributed by atoms with Crippen molar-refractivity contribution in [3.63, 3.8) is 0 Å². The third kappa shape index (κ3) is 5.91. The van der Waals surface area contributed by atoms with Crippen molar-refractivity contribution in [1.29, 1.82) is 0 Å². The van der Waals surface area contributed by atoms with Gasteiger partial charge in [0.15, 0.2) is 0 Å². The third-order valence-electron chi connectivity index (χ3n) is 4.38. The van der Waals surface area contributed by atoms with Crippen molar-refractivity contribution in [3.8, 4) is 0 Å². The number of halogens is 1. The Morgan fingerprint density at radius 1 is 1.21 bits per heavy atom. The fourth-order valence-electron chi connectivity index (χ4n) is 2.88. The Morgan fingerprint density at radius 3 is 2.50 bits per heavy atom. The Balaban J connectivity index is 1.66. The number of hydrogen-bond donors (Lipinski definition) is 2. The van der Waals surface area contributed by atoms with E-state index in [1.165, 1.54) is 0 Å². The van der Waals surface area contributed by atoms with Gasteiger partial charge in [-0.1, -0.05) is 22.9 Å². The quantitative estimate of drug-likeness (QED) is 0.744. The second kappa shape index (κ2) is 9.79. The molecule has 1 saturated heterocycles. The summed E-state index contributed by atoms with van der Waals surface area (Å²) in [7, 11) is 0. The van der Waals surface area contributed by atoms with Gasteiger partial charge in [-0.15, -0.1) is 0 Å². The van der Waals surface area contributed by atoms with Crippen LogP contribution in [0.2, 0.25) is 0 Å². The molecule has 132 valence electrons. The van der Waals surface area contributed by atoms with Crippen molar-refractivity contribution in [2.45, 2.75) is 26.2 Å². The number of carbonyl (C=O) groups excluding carboxylic acids is 2. The van der Waals surface area contributed by atoms with Crippen LogP contribution in [-0.2, 0) is 4.79 Å². The molecule has 1 aliphatic rings. The zero-order valence-electron chi connectivity index (χ0n) is 14.2. The first-order valence-electron chi connectivity index (χ1n) is 8.62. The van der Waals surface area contributed by atoms with Crippen molar-refractivity contribution >= 4 is 27.7 Å². The largest absolute Gasteiger partial charge is 0.352 e. The number of hydrogen-bond acceptors (Lipinski definition) is 3. The lowest BCUT2D eigenvalue weighted by atomic mass is 9.96. The summed E-state index contributed by atoms with van der Waals surface area (Å²) in [5.74, 6) is 0.666. The number of rotatable bonds is 7. The summed E-state index contributed by atoms with van der Waals surface area (Å²) in [5.41, 5.74) is 0.606. The lowest BCUT2D eigenvalue weighted by Crippen LogP contribution is -2.41. The van der Waals surface area contributed by atoms with Gasteiger partial charge in [-0.05, 0) is 56.1 Å². The molecule has 0 saturated carbocycles. The number of nitrogens with one attached hydrogen (secondary N) is 2. The minimum atomic E-state index is -0.139. The maximum Gasteiger partial charge on any atom is 0.251 e. The van der Waals surface area contributed by atoms with E-state index < -0.39 is 0 Å². The van der Waals surface area contributed by atoms with Crippen LogP contribution in [0, 0.1) is 5.92 Å². The van der Waals surface area contributed by atoms with E-state index in [9.17, 15) is 9.59 Å². The lowest BCUT2D eigenvalue weighted by Gasteiger charge is -2.32. The highest BCUT2D eigenvalue weighted by Gasteiger charge is 2.22. The van der Waals surface area contributed by atoms with Gasteiger partial charge >= 0.3 is 0 Å². The predicted molar refractivity (Wildman–Crippen MR) is 98.9 cm³/mol. The van der Waals surface area contributed by atoms with Crippen LogP contribution in [0.5, 0.6) is 0 Å². The summed E-state index contributed by atoms with van der Waals surface area (Å²) in [6, 6.07) is 7.18. The monoisotopic (exact) mass is 395 g/mol. The Labute approximate surface area is 152 Å². The number of benzene rings is 1. The lowest BCUT2D eigenvalue weighted by molar-refractivity contribution is -0.132. The molecule has 1 fully saturated rings. The molecule has 1 aromatic carbocycles. The minimum Gasteiger partial charge on any atom is -0.352 e. The summed E-state index contributed by atoms with van der Waals surface area (Å²) in [4.78, 5) is 26.2. The molecule has 2 rings (SSSR count). The number of likely N-dealkylation sites (tertiary alicyclic amines) is 1. The molecule has 1 aliphatic heterocycles. The van der Waals surface area contributed by atoms with Gasteiger partial charge in [-0.2, -0.15) is 0 Å². The molecule has 0 bridgehead atoms. The molecule has 5 nitrogen and oxygen atoms in total. The zero-order chi connectivity index (χ0) is 17.4. The smallest absolute Gasteiger partial charge is 0.251 e. The number of nitrogens with zero attached hydrogens (tertiary/aromatic N) is 1. The summed E-state index contributed by atoms with van der Waals surface area (Å²) in [5, 5.41) is 6.19. The van der Waals surface area contributed by atoms with Crippen LogP contribution >= 0.6 is 15.9 Å². The van der Waals surface area contributed by atoms with Crippen LogP contribution in [-0.4, -0.2) is 49.4 Å². The Bertz CT molecular complexity index is 540. The highest BCUT2D eigenvalue weighted by atomic mass is 79.9. The molecule has 0 aliphatic carbocycles. The Morgan fingerprint density at radius 2 is 1.88 bits per heavy atom. The first kappa shape index (κ1) is 18.9.